The molecule has 1 unspecified atom stereocenters. The number of methoxy groups -OCH3 is 1. The van der Waals surface area contributed by atoms with Crippen molar-refractivity contribution in [3.63, 3.8) is 0 Å². The van der Waals surface area contributed by atoms with Gasteiger partial charge in [0.15, 0.2) is 0 Å². The van der Waals surface area contributed by atoms with Gasteiger partial charge in [0.1, 0.15) is 17.3 Å². The second-order valence-corrected chi connectivity index (χ2v) is 7.30. The van der Waals surface area contributed by atoms with Crippen LogP contribution in [0.3, 0.4) is 0 Å². The normalized spacial score (nSPS) is 18.1. The van der Waals surface area contributed by atoms with Crippen LogP contribution in [-0.2, 0) is 9.59 Å². The number of Topliss-reactive ketones (excluding diaryl/α,β-unsaturated/α-hetero) is 1. The molecule has 1 amide bonds. The first kappa shape index (κ1) is 21.6. The highest BCUT2D eigenvalue weighted by atomic mass is 19.1. The molecule has 30 heavy (non-hydrogen) atoms. The van der Waals surface area contributed by atoms with Gasteiger partial charge in [0.25, 0.3) is 11.7 Å². The molecule has 1 saturated heterocycles. The smallest absolute Gasteiger partial charge is 0.295 e. The number of nitrogens with zero attached hydrogens (tertiary/aromatic N) is 1. The van der Waals surface area contributed by atoms with E-state index in [0.29, 0.717) is 24.3 Å². The number of ketones is 1. The summed E-state index contributed by atoms with van der Waals surface area (Å²) in [6.07, 6.45) is 3.66. The van der Waals surface area contributed by atoms with Crippen LogP contribution < -0.4 is 4.74 Å². The van der Waals surface area contributed by atoms with Crippen molar-refractivity contribution in [2.75, 3.05) is 13.7 Å². The van der Waals surface area contributed by atoms with Crippen LogP contribution in [0.1, 0.15) is 49.8 Å². The fourth-order valence-electron chi connectivity index (χ4n) is 3.74. The zero-order valence-electron chi connectivity index (χ0n) is 17.2. The first-order valence-electron chi connectivity index (χ1n) is 10.2. The molecule has 1 heterocycles. The van der Waals surface area contributed by atoms with Crippen molar-refractivity contribution in [2.24, 2.45) is 0 Å². The number of ether oxygens (including phenoxy) is 1. The Kier molecular flexibility index (Phi) is 6.87. The highest BCUT2D eigenvalue weighted by Crippen LogP contribution is 2.40. The van der Waals surface area contributed by atoms with E-state index in [9.17, 15) is 19.1 Å². The number of halogens is 1. The van der Waals surface area contributed by atoms with Crippen molar-refractivity contribution in [3.05, 3.63) is 71.0 Å². The zero-order valence-corrected chi connectivity index (χ0v) is 17.2. The molecular formula is C24H26FNO4. The van der Waals surface area contributed by atoms with Gasteiger partial charge in [-0.25, -0.2) is 4.39 Å². The maximum Gasteiger partial charge on any atom is 0.295 e. The number of carbonyl (C=O) groups is 2. The van der Waals surface area contributed by atoms with Crippen LogP contribution in [0.4, 0.5) is 4.39 Å². The maximum atomic E-state index is 14.7. The molecule has 158 valence electrons. The zero-order chi connectivity index (χ0) is 21.7. The van der Waals surface area contributed by atoms with E-state index in [4.69, 9.17) is 4.74 Å². The average Bonchev–Trinajstić information content (AvgIpc) is 3.01. The van der Waals surface area contributed by atoms with E-state index in [1.165, 1.54) is 18.1 Å². The number of benzene rings is 2. The van der Waals surface area contributed by atoms with E-state index in [1.807, 2.05) is 0 Å². The molecule has 2 aromatic carbocycles. The lowest BCUT2D eigenvalue weighted by Gasteiger charge is -2.25. The van der Waals surface area contributed by atoms with Crippen molar-refractivity contribution in [1.29, 1.82) is 0 Å². The van der Waals surface area contributed by atoms with Crippen LogP contribution in [-0.4, -0.2) is 35.4 Å². The van der Waals surface area contributed by atoms with Gasteiger partial charge in [-0.1, -0.05) is 44.4 Å². The molecule has 1 aliphatic rings. The lowest BCUT2D eigenvalue weighted by atomic mass is 9.95. The summed E-state index contributed by atoms with van der Waals surface area (Å²) >= 11 is 0. The molecule has 1 atom stereocenters. The summed E-state index contributed by atoms with van der Waals surface area (Å²) in [5, 5.41) is 10.9. The van der Waals surface area contributed by atoms with Gasteiger partial charge in [-0.3, -0.25) is 9.59 Å². The summed E-state index contributed by atoms with van der Waals surface area (Å²) in [5.74, 6) is -1.76. The number of unbranched alkanes of at least 4 members (excludes halogenated alkanes) is 3. The van der Waals surface area contributed by atoms with E-state index < -0.39 is 23.5 Å². The molecule has 3 rings (SSSR count). The van der Waals surface area contributed by atoms with Crippen LogP contribution in [0.2, 0.25) is 0 Å². The first-order chi connectivity index (χ1) is 14.5. The molecule has 1 aliphatic heterocycles. The molecule has 0 radical (unpaired) electrons. The van der Waals surface area contributed by atoms with E-state index in [-0.39, 0.29) is 16.9 Å². The van der Waals surface area contributed by atoms with Crippen molar-refractivity contribution < 1.29 is 23.8 Å². The second-order valence-electron chi connectivity index (χ2n) is 7.30. The molecule has 6 heteroatoms. The number of aliphatic hydroxyl groups is 1. The Morgan fingerprint density at radius 1 is 1.07 bits per heavy atom. The van der Waals surface area contributed by atoms with Gasteiger partial charge in [-0.15, -0.1) is 0 Å². The van der Waals surface area contributed by atoms with Gasteiger partial charge in [0, 0.05) is 17.7 Å². The SMILES string of the molecule is CCCCCCN1C(=O)C(=O)C(=C(O)c2ccc(OC)cc2)C1c1ccccc1F. The van der Waals surface area contributed by atoms with E-state index >= 15 is 0 Å². The molecule has 1 N–H and O–H groups in total. The summed E-state index contributed by atoms with van der Waals surface area (Å²) in [6.45, 7) is 2.41. The molecular weight excluding hydrogens is 385 g/mol. The van der Waals surface area contributed by atoms with Gasteiger partial charge in [-0.2, -0.15) is 0 Å². The standard InChI is InChI=1S/C24H26FNO4/c1-3-4-5-8-15-26-21(18-9-6-7-10-19(18)25)20(23(28)24(26)29)22(27)16-11-13-17(30-2)14-12-16/h6-7,9-14,21,27H,3-5,8,15H2,1-2H3. The molecule has 0 aromatic heterocycles. The van der Waals surface area contributed by atoms with Gasteiger partial charge in [0.05, 0.1) is 18.7 Å². The number of hydrogen-bond donors (Lipinski definition) is 1. The Hall–Kier alpha value is -3.15. The summed E-state index contributed by atoms with van der Waals surface area (Å²) < 4.78 is 19.8. The highest BCUT2D eigenvalue weighted by Gasteiger charge is 2.46. The van der Waals surface area contributed by atoms with Crippen LogP contribution in [0.15, 0.2) is 54.1 Å². The first-order valence-corrected chi connectivity index (χ1v) is 10.2. The molecule has 0 spiro atoms. The predicted octanol–water partition coefficient (Wildman–Crippen LogP) is 4.84. The Bertz CT molecular complexity index is 952. The molecule has 2 aromatic rings. The molecule has 1 fully saturated rings. The Labute approximate surface area is 175 Å². The quantitative estimate of drug-likeness (QED) is 0.292. The molecule has 0 bridgehead atoms. The van der Waals surface area contributed by atoms with Crippen LogP contribution >= 0.6 is 0 Å². The van der Waals surface area contributed by atoms with E-state index in [1.54, 1.807) is 42.5 Å². The van der Waals surface area contributed by atoms with Crippen LogP contribution in [0.25, 0.3) is 5.76 Å². The minimum Gasteiger partial charge on any atom is -0.507 e. The fourth-order valence-corrected chi connectivity index (χ4v) is 3.74. The van der Waals surface area contributed by atoms with E-state index in [0.717, 1.165) is 19.3 Å². The molecule has 0 aliphatic carbocycles. The molecule has 0 saturated carbocycles. The number of rotatable bonds is 8. The number of hydrogen-bond acceptors (Lipinski definition) is 4. The number of amides is 1. The van der Waals surface area contributed by atoms with Crippen LogP contribution in [0.5, 0.6) is 5.75 Å². The van der Waals surface area contributed by atoms with Crippen molar-refractivity contribution in [1.82, 2.24) is 4.90 Å². The second kappa shape index (κ2) is 9.57. The molecule has 5 nitrogen and oxygen atoms in total. The topological polar surface area (TPSA) is 66.8 Å². The van der Waals surface area contributed by atoms with Crippen molar-refractivity contribution in [2.45, 2.75) is 38.6 Å². The minimum atomic E-state index is -0.963. The fraction of sp³-hybridized carbons (Fsp3) is 0.333. The Morgan fingerprint density at radius 3 is 2.40 bits per heavy atom. The maximum absolute atomic E-state index is 14.7. The van der Waals surface area contributed by atoms with Crippen molar-refractivity contribution in [3.8, 4) is 5.75 Å². The Balaban J connectivity index is 2.07. The third-order valence-corrected chi connectivity index (χ3v) is 5.36. The van der Waals surface area contributed by atoms with Gasteiger partial charge in [-0.05, 0) is 36.8 Å². The number of carbonyl (C=O) groups excluding carboxylic acids is 2. The summed E-state index contributed by atoms with van der Waals surface area (Å²) in [6, 6.07) is 11.6. The lowest BCUT2D eigenvalue weighted by molar-refractivity contribution is -0.140. The number of aliphatic hydroxyl groups excluding tert-OH is 1. The average molecular weight is 411 g/mol. The number of likely N-dealkylation sites (tertiary alicyclic amines) is 1. The Morgan fingerprint density at radius 2 is 1.77 bits per heavy atom. The third kappa shape index (κ3) is 4.22. The predicted molar refractivity (Wildman–Crippen MR) is 113 cm³/mol. The van der Waals surface area contributed by atoms with E-state index in [2.05, 4.69) is 6.92 Å². The van der Waals surface area contributed by atoms with Crippen molar-refractivity contribution >= 4 is 17.4 Å². The van der Waals surface area contributed by atoms with Gasteiger partial charge in [0.2, 0.25) is 0 Å². The summed E-state index contributed by atoms with van der Waals surface area (Å²) in [5.41, 5.74) is 0.467. The summed E-state index contributed by atoms with van der Waals surface area (Å²) in [4.78, 5) is 27.1. The monoisotopic (exact) mass is 411 g/mol. The minimum absolute atomic E-state index is 0.0919. The summed E-state index contributed by atoms with van der Waals surface area (Å²) in [7, 11) is 1.52. The largest absolute Gasteiger partial charge is 0.507 e. The third-order valence-electron chi connectivity index (χ3n) is 5.36. The highest BCUT2D eigenvalue weighted by molar-refractivity contribution is 6.46. The van der Waals surface area contributed by atoms with Gasteiger partial charge < -0.3 is 14.7 Å². The lowest BCUT2D eigenvalue weighted by Crippen LogP contribution is -2.31. The van der Waals surface area contributed by atoms with Gasteiger partial charge >= 0.3 is 0 Å². The van der Waals surface area contributed by atoms with Crippen LogP contribution in [0, 0.1) is 5.82 Å².